The number of para-hydroxylation sites is 1. The number of rotatable bonds is 5. The summed E-state index contributed by atoms with van der Waals surface area (Å²) in [6, 6.07) is 9.36. The molecule has 176 valence electrons. The molecule has 2 amide bonds. The van der Waals surface area contributed by atoms with Crippen molar-refractivity contribution in [2.75, 3.05) is 23.4 Å². The molecule has 0 spiro atoms. The Hall–Kier alpha value is -2.71. The molecule has 2 aliphatic rings. The van der Waals surface area contributed by atoms with Crippen molar-refractivity contribution in [1.29, 1.82) is 0 Å². The van der Waals surface area contributed by atoms with Gasteiger partial charge in [0.15, 0.2) is 0 Å². The fraction of sp³-hybridized carbons (Fsp3) is 0.480. The van der Waals surface area contributed by atoms with Crippen LogP contribution < -0.4 is 15.5 Å². The van der Waals surface area contributed by atoms with E-state index in [2.05, 4.69) is 38.3 Å². The molecule has 1 aromatic heterocycles. The van der Waals surface area contributed by atoms with Crippen LogP contribution in [0.1, 0.15) is 61.8 Å². The lowest BCUT2D eigenvalue weighted by Crippen LogP contribution is -2.55. The number of nitrogens with zero attached hydrogens (tertiary/aromatic N) is 1. The van der Waals surface area contributed by atoms with E-state index < -0.39 is 11.9 Å². The van der Waals surface area contributed by atoms with Gasteiger partial charge in [0.1, 0.15) is 5.00 Å². The molecule has 2 N–H and O–H groups in total. The Labute approximate surface area is 198 Å². The second-order valence-corrected chi connectivity index (χ2v) is 10.9. The van der Waals surface area contributed by atoms with Gasteiger partial charge in [-0.05, 0) is 58.7 Å². The topological polar surface area (TPSA) is 87.7 Å². The van der Waals surface area contributed by atoms with E-state index in [0.29, 0.717) is 23.5 Å². The minimum absolute atomic E-state index is 0.0791. The van der Waals surface area contributed by atoms with Gasteiger partial charge in [-0.2, -0.15) is 0 Å². The zero-order chi connectivity index (χ0) is 24.0. The molecule has 1 saturated heterocycles. The third-order valence-electron chi connectivity index (χ3n) is 6.12. The first kappa shape index (κ1) is 23.4. The van der Waals surface area contributed by atoms with Gasteiger partial charge in [0.2, 0.25) is 11.8 Å². The Bertz CT molecular complexity index is 1090. The van der Waals surface area contributed by atoms with Gasteiger partial charge in [-0.25, -0.2) is 4.79 Å². The summed E-state index contributed by atoms with van der Waals surface area (Å²) in [6.07, 6.45) is 0.788. The summed E-state index contributed by atoms with van der Waals surface area (Å²) in [6.45, 7) is 10.7. The van der Waals surface area contributed by atoms with Crippen molar-refractivity contribution in [3.8, 4) is 0 Å². The van der Waals surface area contributed by atoms with Gasteiger partial charge < -0.3 is 20.3 Å². The van der Waals surface area contributed by atoms with Crippen LogP contribution in [0.3, 0.4) is 0 Å². The Morgan fingerprint density at radius 1 is 1.21 bits per heavy atom. The Balaban J connectivity index is 1.63. The third-order valence-corrected chi connectivity index (χ3v) is 7.60. The predicted octanol–water partition coefficient (Wildman–Crippen LogP) is 4.08. The summed E-state index contributed by atoms with van der Waals surface area (Å²) in [4.78, 5) is 41.4. The summed E-state index contributed by atoms with van der Waals surface area (Å²) >= 11 is 1.42. The van der Waals surface area contributed by atoms with Crippen LogP contribution in [-0.2, 0) is 26.3 Å². The number of carbonyl (C=O) groups excluding carboxylic acids is 3. The van der Waals surface area contributed by atoms with Crippen LogP contribution in [0.5, 0.6) is 0 Å². The molecule has 8 heteroatoms. The quantitative estimate of drug-likeness (QED) is 0.645. The molecular formula is C25H31N3O4S. The van der Waals surface area contributed by atoms with E-state index in [-0.39, 0.29) is 35.9 Å². The van der Waals surface area contributed by atoms with Gasteiger partial charge in [-0.3, -0.25) is 9.59 Å². The third kappa shape index (κ3) is 4.54. The molecule has 0 saturated carbocycles. The average molecular weight is 470 g/mol. The zero-order valence-electron chi connectivity index (χ0n) is 19.8. The van der Waals surface area contributed by atoms with Crippen molar-refractivity contribution in [3.63, 3.8) is 0 Å². The Morgan fingerprint density at radius 2 is 1.91 bits per heavy atom. The average Bonchev–Trinajstić information content (AvgIpc) is 3.28. The van der Waals surface area contributed by atoms with Gasteiger partial charge >= 0.3 is 5.97 Å². The minimum atomic E-state index is -0.491. The number of anilines is 2. The number of thiophene rings is 1. The summed E-state index contributed by atoms with van der Waals surface area (Å²) in [7, 11) is 0. The van der Waals surface area contributed by atoms with Gasteiger partial charge in [-0.15, -0.1) is 11.3 Å². The number of benzene rings is 1. The SMILES string of the molecule is CCOC(=O)c1c(NC(=O)C2CC(=O)N(c3ccccc3)C2)sc2c1CC(C)(C)NC2(C)C. The molecule has 1 atom stereocenters. The molecule has 0 aliphatic carbocycles. The van der Waals surface area contributed by atoms with Crippen LogP contribution in [0.15, 0.2) is 30.3 Å². The number of esters is 1. The first-order chi connectivity index (χ1) is 15.5. The van der Waals surface area contributed by atoms with E-state index in [1.807, 2.05) is 30.3 Å². The highest BCUT2D eigenvalue weighted by molar-refractivity contribution is 7.17. The number of nitrogens with one attached hydrogen (secondary N) is 2. The van der Waals surface area contributed by atoms with E-state index >= 15 is 0 Å². The standard InChI is InChI=1S/C25H31N3O4S/c1-6-32-23(31)19-17-13-24(2,3)27-25(4,5)20(17)33-22(19)26-21(30)15-12-18(29)28(14-15)16-10-8-7-9-11-16/h7-11,15,27H,6,12-14H2,1-5H3,(H,26,30). The maximum atomic E-state index is 13.2. The van der Waals surface area contributed by atoms with E-state index in [4.69, 9.17) is 4.74 Å². The summed E-state index contributed by atoms with van der Waals surface area (Å²) < 4.78 is 5.36. The fourth-order valence-corrected chi connectivity index (χ4v) is 6.26. The monoisotopic (exact) mass is 469 g/mol. The highest BCUT2D eigenvalue weighted by Gasteiger charge is 2.43. The Morgan fingerprint density at radius 3 is 2.58 bits per heavy atom. The summed E-state index contributed by atoms with van der Waals surface area (Å²) in [5.74, 6) is -1.25. The summed E-state index contributed by atoms with van der Waals surface area (Å²) in [5, 5.41) is 7.11. The van der Waals surface area contributed by atoms with Crippen LogP contribution in [-0.4, -0.2) is 36.5 Å². The molecule has 1 aromatic carbocycles. The molecule has 2 aromatic rings. The number of hydrogen-bond donors (Lipinski definition) is 2. The van der Waals surface area contributed by atoms with Gasteiger partial charge in [0.25, 0.3) is 0 Å². The van der Waals surface area contributed by atoms with Gasteiger partial charge in [-0.1, -0.05) is 18.2 Å². The van der Waals surface area contributed by atoms with Crippen LogP contribution >= 0.6 is 11.3 Å². The normalized spacial score (nSPS) is 20.9. The smallest absolute Gasteiger partial charge is 0.341 e. The van der Waals surface area contributed by atoms with Crippen LogP contribution in [0.4, 0.5) is 10.7 Å². The lowest BCUT2D eigenvalue weighted by molar-refractivity contribution is -0.122. The maximum absolute atomic E-state index is 13.2. The molecule has 33 heavy (non-hydrogen) atoms. The molecule has 0 bridgehead atoms. The second kappa shape index (κ2) is 8.57. The molecule has 3 heterocycles. The molecule has 4 rings (SSSR count). The number of carbonyl (C=O) groups is 3. The van der Waals surface area contributed by atoms with Crippen LogP contribution in [0, 0.1) is 5.92 Å². The highest BCUT2D eigenvalue weighted by atomic mass is 32.1. The van der Waals surface area contributed by atoms with Gasteiger partial charge in [0, 0.05) is 34.6 Å². The number of ether oxygens (including phenoxy) is 1. The van der Waals surface area contributed by atoms with Crippen molar-refractivity contribution in [1.82, 2.24) is 5.32 Å². The van der Waals surface area contributed by atoms with E-state index in [9.17, 15) is 14.4 Å². The molecule has 1 fully saturated rings. The van der Waals surface area contributed by atoms with Crippen molar-refractivity contribution < 1.29 is 19.1 Å². The van der Waals surface area contributed by atoms with Crippen molar-refractivity contribution in [3.05, 3.63) is 46.3 Å². The van der Waals surface area contributed by atoms with Crippen molar-refractivity contribution in [2.24, 2.45) is 5.92 Å². The van der Waals surface area contributed by atoms with Crippen LogP contribution in [0.2, 0.25) is 0 Å². The maximum Gasteiger partial charge on any atom is 0.341 e. The van der Waals surface area contributed by atoms with E-state index in [1.54, 1.807) is 11.8 Å². The van der Waals surface area contributed by atoms with Crippen molar-refractivity contribution >= 4 is 39.8 Å². The minimum Gasteiger partial charge on any atom is -0.462 e. The predicted molar refractivity (Wildman–Crippen MR) is 130 cm³/mol. The fourth-order valence-electron chi connectivity index (χ4n) is 4.99. The zero-order valence-corrected chi connectivity index (χ0v) is 20.6. The first-order valence-corrected chi connectivity index (χ1v) is 12.1. The molecule has 1 unspecified atom stereocenters. The first-order valence-electron chi connectivity index (χ1n) is 11.3. The molecule has 2 aliphatic heterocycles. The van der Waals surface area contributed by atoms with Crippen LogP contribution in [0.25, 0.3) is 0 Å². The summed E-state index contributed by atoms with van der Waals surface area (Å²) in [5.41, 5.74) is 1.58. The lowest BCUT2D eigenvalue weighted by Gasteiger charge is -2.42. The van der Waals surface area contributed by atoms with E-state index in [0.717, 1.165) is 16.1 Å². The highest BCUT2D eigenvalue weighted by Crippen LogP contribution is 2.45. The van der Waals surface area contributed by atoms with E-state index in [1.165, 1.54) is 11.3 Å². The molecule has 7 nitrogen and oxygen atoms in total. The number of amides is 2. The Kier molecular flexibility index (Phi) is 6.09. The molecular weight excluding hydrogens is 438 g/mol. The second-order valence-electron chi connectivity index (χ2n) is 9.88. The number of fused-ring (bicyclic) bond motifs is 1. The largest absolute Gasteiger partial charge is 0.462 e. The lowest BCUT2D eigenvalue weighted by atomic mass is 9.81. The number of hydrogen-bond acceptors (Lipinski definition) is 6. The van der Waals surface area contributed by atoms with Crippen molar-refractivity contribution in [2.45, 2.75) is 58.5 Å². The molecule has 0 radical (unpaired) electrons. The van der Waals surface area contributed by atoms with Gasteiger partial charge in [0.05, 0.1) is 18.1 Å².